The van der Waals surface area contributed by atoms with Crippen molar-refractivity contribution in [3.05, 3.63) is 57.6 Å². The van der Waals surface area contributed by atoms with Crippen molar-refractivity contribution in [2.75, 3.05) is 25.0 Å². The maximum atomic E-state index is 9.64. The summed E-state index contributed by atoms with van der Waals surface area (Å²) in [6.45, 7) is 2.06. The summed E-state index contributed by atoms with van der Waals surface area (Å²) in [6.07, 6.45) is 6.02. The zero-order chi connectivity index (χ0) is 27.1. The van der Waals surface area contributed by atoms with Crippen molar-refractivity contribution >= 4 is 51.8 Å². The van der Waals surface area contributed by atoms with Crippen molar-refractivity contribution in [3.63, 3.8) is 0 Å². The fraction of sp³-hybridized carbons (Fsp3) is 0.407. The van der Waals surface area contributed by atoms with Gasteiger partial charge < -0.3 is 20.4 Å². The Morgan fingerprint density at radius 1 is 1.13 bits per heavy atom. The van der Waals surface area contributed by atoms with E-state index < -0.39 is 11.9 Å². The summed E-state index contributed by atoms with van der Waals surface area (Å²) in [5.41, 5.74) is 6.20. The van der Waals surface area contributed by atoms with Crippen LogP contribution in [0.15, 0.2) is 40.9 Å². The number of nitrogens with one attached hydrogen (secondary N) is 1. The first-order chi connectivity index (χ1) is 18.3. The third kappa shape index (κ3) is 7.92. The maximum Gasteiger partial charge on any atom is 0.303 e. The first-order valence-corrected chi connectivity index (χ1v) is 14.8. The summed E-state index contributed by atoms with van der Waals surface area (Å²) in [5, 5.41) is 24.4. The Bertz CT molecular complexity index is 1250. The molecular formula is C27H31ClN4O4S2. The van der Waals surface area contributed by atoms with Crippen LogP contribution in [0.5, 0.6) is 0 Å². The van der Waals surface area contributed by atoms with Gasteiger partial charge in [-0.25, -0.2) is 9.97 Å². The number of carboxylic acids is 2. The van der Waals surface area contributed by atoms with E-state index in [0.717, 1.165) is 58.1 Å². The number of benzene rings is 1. The highest BCUT2D eigenvalue weighted by molar-refractivity contribution is 7.98. The first-order valence-electron chi connectivity index (χ1n) is 12.5. The molecule has 3 N–H and O–H groups in total. The Balaban J connectivity index is 0.000000368. The molecule has 1 aromatic carbocycles. The van der Waals surface area contributed by atoms with Crippen molar-refractivity contribution in [1.82, 2.24) is 15.3 Å². The third-order valence-electron chi connectivity index (χ3n) is 6.43. The van der Waals surface area contributed by atoms with E-state index in [1.807, 2.05) is 6.20 Å². The molecule has 11 heteroatoms. The normalized spacial score (nSPS) is 14.6. The van der Waals surface area contributed by atoms with Crippen LogP contribution in [0.2, 0.25) is 5.02 Å². The lowest BCUT2D eigenvalue weighted by molar-refractivity contribution is -0.143. The number of aliphatic carboxylic acids is 2. The molecule has 0 amide bonds. The Kier molecular flexibility index (Phi) is 10.0. The number of halogens is 1. The van der Waals surface area contributed by atoms with Crippen LogP contribution in [0.25, 0.3) is 11.3 Å². The van der Waals surface area contributed by atoms with E-state index in [0.29, 0.717) is 6.04 Å². The topological polar surface area (TPSA) is 116 Å². The number of pyridine rings is 1. The van der Waals surface area contributed by atoms with Gasteiger partial charge in [0.15, 0.2) is 5.13 Å². The third-order valence-corrected chi connectivity index (χ3v) is 8.69. The quantitative estimate of drug-likeness (QED) is 0.290. The molecule has 8 nitrogen and oxygen atoms in total. The van der Waals surface area contributed by atoms with Crippen molar-refractivity contribution in [2.45, 2.75) is 55.3 Å². The van der Waals surface area contributed by atoms with Crippen LogP contribution in [0.3, 0.4) is 0 Å². The molecule has 0 spiro atoms. The minimum Gasteiger partial charge on any atom is -0.481 e. The second-order valence-electron chi connectivity index (χ2n) is 9.23. The van der Waals surface area contributed by atoms with E-state index in [1.165, 1.54) is 29.5 Å². The number of anilines is 1. The maximum absolute atomic E-state index is 9.64. The highest BCUT2D eigenvalue weighted by Crippen LogP contribution is 2.35. The predicted molar refractivity (Wildman–Crippen MR) is 153 cm³/mol. The fourth-order valence-electron chi connectivity index (χ4n) is 4.13. The van der Waals surface area contributed by atoms with Crippen LogP contribution in [0, 0.1) is 0 Å². The van der Waals surface area contributed by atoms with E-state index in [4.69, 9.17) is 31.8 Å². The summed E-state index contributed by atoms with van der Waals surface area (Å²) in [5.74, 6) is -1.30. The second kappa shape index (κ2) is 13.4. The molecule has 1 fully saturated rings. The van der Waals surface area contributed by atoms with Crippen LogP contribution in [-0.4, -0.2) is 58.3 Å². The lowest BCUT2D eigenvalue weighted by atomic mass is 9.98. The van der Waals surface area contributed by atoms with Gasteiger partial charge in [0.05, 0.1) is 23.6 Å². The van der Waals surface area contributed by atoms with Crippen LogP contribution in [-0.2, 0) is 28.2 Å². The molecule has 5 rings (SSSR count). The molecule has 1 saturated carbocycles. The highest BCUT2D eigenvalue weighted by Gasteiger charge is 2.28. The van der Waals surface area contributed by atoms with Gasteiger partial charge in [-0.05, 0) is 73.7 Å². The summed E-state index contributed by atoms with van der Waals surface area (Å²) in [6, 6.07) is 9.14. The van der Waals surface area contributed by atoms with E-state index in [9.17, 15) is 9.59 Å². The van der Waals surface area contributed by atoms with E-state index in [1.54, 1.807) is 23.1 Å². The number of carbonyl (C=O) groups is 2. The van der Waals surface area contributed by atoms with Gasteiger partial charge in [-0.1, -0.05) is 17.7 Å². The van der Waals surface area contributed by atoms with Crippen molar-refractivity contribution < 1.29 is 19.8 Å². The average Bonchev–Trinajstić information content (AvgIpc) is 3.68. The Morgan fingerprint density at radius 3 is 2.53 bits per heavy atom. The lowest BCUT2D eigenvalue weighted by Gasteiger charge is -2.14. The van der Waals surface area contributed by atoms with E-state index in [2.05, 4.69) is 46.9 Å². The summed E-state index contributed by atoms with van der Waals surface area (Å²) >= 11 is 10.0. The zero-order valence-electron chi connectivity index (χ0n) is 21.2. The number of thioether (sulfide) groups is 1. The zero-order valence-corrected chi connectivity index (χ0v) is 23.5. The van der Waals surface area contributed by atoms with E-state index in [-0.39, 0.29) is 12.8 Å². The standard InChI is InChI=1S/C23H25ClN4S2.C4H6O4/c1-28(17-4-5-17)23-27-21(14-30-23)16-3-7-22(26-12-16)29-13-19-18-9-11-25-10-8-15(18)2-6-20(19)24;5-3(6)1-2-4(7)8/h2-3,6-7,12,14,17,25H,4-5,8-11,13H2,1H3;1-2H2,(H,5,6)(H,7,8). The van der Waals surface area contributed by atoms with Gasteiger partial charge >= 0.3 is 11.9 Å². The molecule has 1 aliphatic heterocycles. The van der Waals surface area contributed by atoms with Gasteiger partial charge in [0.2, 0.25) is 0 Å². The second-order valence-corrected chi connectivity index (χ2v) is 11.5. The molecule has 0 atom stereocenters. The van der Waals surface area contributed by atoms with Crippen molar-refractivity contribution in [3.8, 4) is 11.3 Å². The summed E-state index contributed by atoms with van der Waals surface area (Å²) in [7, 11) is 2.14. The smallest absolute Gasteiger partial charge is 0.303 e. The van der Waals surface area contributed by atoms with Crippen molar-refractivity contribution in [1.29, 1.82) is 0 Å². The fourth-order valence-corrected chi connectivity index (χ4v) is 6.24. The number of carboxylic acid groups (broad SMARTS) is 2. The number of fused-ring (bicyclic) bond motifs is 1. The number of nitrogens with zero attached hydrogens (tertiary/aromatic N) is 3. The van der Waals surface area contributed by atoms with Gasteiger partial charge in [0.1, 0.15) is 0 Å². The Hall–Kier alpha value is -2.66. The molecule has 1 aliphatic carbocycles. The van der Waals surface area contributed by atoms with Gasteiger partial charge in [-0.15, -0.1) is 23.1 Å². The minimum atomic E-state index is -1.08. The predicted octanol–water partition coefficient (Wildman–Crippen LogP) is 5.37. The number of aromatic nitrogens is 2. The largest absolute Gasteiger partial charge is 0.481 e. The Morgan fingerprint density at radius 2 is 1.87 bits per heavy atom. The van der Waals surface area contributed by atoms with Gasteiger partial charge in [0, 0.05) is 41.0 Å². The molecular weight excluding hydrogens is 544 g/mol. The lowest BCUT2D eigenvalue weighted by Crippen LogP contribution is -2.18. The Labute approximate surface area is 235 Å². The average molecular weight is 575 g/mol. The molecule has 2 aromatic heterocycles. The number of thiazole rings is 1. The molecule has 2 aliphatic rings. The molecule has 202 valence electrons. The van der Waals surface area contributed by atoms with Crippen LogP contribution >= 0.6 is 34.7 Å². The van der Waals surface area contributed by atoms with Gasteiger partial charge in [-0.3, -0.25) is 9.59 Å². The molecule has 0 saturated heterocycles. The number of hydrogen-bond acceptors (Lipinski definition) is 8. The molecule has 3 aromatic rings. The number of hydrogen-bond donors (Lipinski definition) is 3. The summed E-state index contributed by atoms with van der Waals surface area (Å²) < 4.78 is 0. The number of rotatable bonds is 9. The van der Waals surface area contributed by atoms with Gasteiger partial charge in [0.25, 0.3) is 0 Å². The SMILES string of the molecule is CN(c1nc(-c2ccc(SCc3c(Cl)ccc4c3CCNCC4)nc2)cs1)C1CC1.O=C(O)CCC(=O)O. The monoisotopic (exact) mass is 574 g/mol. The summed E-state index contributed by atoms with van der Waals surface area (Å²) in [4.78, 5) is 31.1. The minimum absolute atomic E-state index is 0.296. The highest BCUT2D eigenvalue weighted by atomic mass is 35.5. The molecule has 0 unspecified atom stereocenters. The molecule has 3 heterocycles. The van der Waals surface area contributed by atoms with Crippen LogP contribution < -0.4 is 10.2 Å². The van der Waals surface area contributed by atoms with E-state index >= 15 is 0 Å². The first kappa shape index (κ1) is 28.4. The molecule has 0 bridgehead atoms. The van der Waals surface area contributed by atoms with Crippen LogP contribution in [0.4, 0.5) is 5.13 Å². The van der Waals surface area contributed by atoms with Crippen molar-refractivity contribution in [2.24, 2.45) is 0 Å². The molecule has 0 radical (unpaired) electrons. The van der Waals surface area contributed by atoms with Crippen LogP contribution in [0.1, 0.15) is 42.4 Å². The van der Waals surface area contributed by atoms with Gasteiger partial charge in [-0.2, -0.15) is 0 Å². The molecule has 38 heavy (non-hydrogen) atoms.